The highest BCUT2D eigenvalue weighted by Crippen LogP contribution is 2.44. The van der Waals surface area contributed by atoms with Crippen molar-refractivity contribution in [1.82, 2.24) is 4.90 Å². The van der Waals surface area contributed by atoms with Crippen LogP contribution in [0.1, 0.15) is 19.4 Å². The molecule has 1 aromatic heterocycles. The van der Waals surface area contributed by atoms with Crippen LogP contribution in [0.2, 0.25) is 0 Å². The molecule has 0 saturated carbocycles. The minimum absolute atomic E-state index is 0.165. The van der Waals surface area contributed by atoms with Gasteiger partial charge in [-0.2, -0.15) is 0 Å². The van der Waals surface area contributed by atoms with Gasteiger partial charge in [-0.1, -0.05) is 0 Å². The van der Waals surface area contributed by atoms with Crippen LogP contribution >= 0.6 is 11.3 Å². The molecule has 1 fully saturated rings. The molecule has 1 aliphatic rings. The monoisotopic (exact) mass is 238 g/mol. The Morgan fingerprint density at radius 3 is 2.50 bits per heavy atom. The van der Waals surface area contributed by atoms with E-state index in [9.17, 15) is 4.79 Å². The number of thiophene rings is 1. The zero-order valence-corrected chi connectivity index (χ0v) is 11.3. The lowest BCUT2D eigenvalue weighted by Gasteiger charge is -2.54. The number of nitrogens with zero attached hydrogens (tertiary/aromatic N) is 2. The second-order valence-electron chi connectivity index (χ2n) is 5.20. The molecule has 4 heteroatoms. The van der Waals surface area contributed by atoms with E-state index in [-0.39, 0.29) is 17.5 Å². The first-order valence-corrected chi connectivity index (χ1v) is 6.29. The molecule has 1 amide bonds. The summed E-state index contributed by atoms with van der Waals surface area (Å²) in [6, 6.07) is 2.08. The van der Waals surface area contributed by atoms with Crippen molar-refractivity contribution in [2.75, 3.05) is 19.0 Å². The first-order chi connectivity index (χ1) is 7.35. The fourth-order valence-corrected chi connectivity index (χ4v) is 3.35. The van der Waals surface area contributed by atoms with E-state index in [0.29, 0.717) is 0 Å². The van der Waals surface area contributed by atoms with Gasteiger partial charge in [-0.15, -0.1) is 11.3 Å². The van der Waals surface area contributed by atoms with Crippen LogP contribution in [0.25, 0.3) is 0 Å². The van der Waals surface area contributed by atoms with Gasteiger partial charge < -0.3 is 0 Å². The maximum absolute atomic E-state index is 12.1. The van der Waals surface area contributed by atoms with Gasteiger partial charge in [0.2, 0.25) is 5.91 Å². The quantitative estimate of drug-likeness (QED) is 0.738. The molecule has 2 rings (SSSR count). The molecule has 0 bridgehead atoms. The Morgan fingerprint density at radius 2 is 2.06 bits per heavy atom. The lowest BCUT2D eigenvalue weighted by atomic mass is 9.78. The molecular weight excluding hydrogens is 220 g/mol. The summed E-state index contributed by atoms with van der Waals surface area (Å²) in [5.41, 5.74) is 0.941. The number of rotatable bonds is 2. The smallest absolute Gasteiger partial charge is 0.238 e. The van der Waals surface area contributed by atoms with Gasteiger partial charge in [0.25, 0.3) is 0 Å². The minimum Gasteiger partial charge on any atom is -0.288 e. The molecule has 0 spiro atoms. The predicted molar refractivity (Wildman–Crippen MR) is 67.8 cm³/mol. The largest absolute Gasteiger partial charge is 0.288 e. The number of anilines is 1. The van der Waals surface area contributed by atoms with Crippen LogP contribution in [-0.4, -0.2) is 31.1 Å². The number of hydrogen-bond acceptors (Lipinski definition) is 3. The molecular formula is C12H18N2OS. The van der Waals surface area contributed by atoms with Gasteiger partial charge in [0.15, 0.2) is 0 Å². The molecule has 2 heterocycles. The fourth-order valence-electron chi connectivity index (χ4n) is 2.43. The first kappa shape index (κ1) is 11.6. The van der Waals surface area contributed by atoms with Crippen molar-refractivity contribution >= 4 is 22.2 Å². The summed E-state index contributed by atoms with van der Waals surface area (Å²) in [4.78, 5) is 16.1. The van der Waals surface area contributed by atoms with Crippen LogP contribution in [0.3, 0.4) is 0 Å². The average molecular weight is 238 g/mol. The van der Waals surface area contributed by atoms with Crippen LogP contribution in [0, 0.1) is 12.3 Å². The van der Waals surface area contributed by atoms with Crippen molar-refractivity contribution in [3.63, 3.8) is 0 Å². The molecule has 0 aliphatic carbocycles. The van der Waals surface area contributed by atoms with E-state index in [1.807, 2.05) is 32.8 Å². The van der Waals surface area contributed by atoms with Gasteiger partial charge in [-0.25, -0.2) is 0 Å². The number of amides is 1. The summed E-state index contributed by atoms with van der Waals surface area (Å²) in [6.07, 6.45) is 0.165. The van der Waals surface area contributed by atoms with Crippen molar-refractivity contribution in [1.29, 1.82) is 0 Å². The summed E-state index contributed by atoms with van der Waals surface area (Å²) >= 11 is 1.64. The number of β-lactam (4-membered cyclic amide) rings is 1. The highest BCUT2D eigenvalue weighted by Gasteiger charge is 2.56. The third-order valence-corrected chi connectivity index (χ3v) is 4.15. The van der Waals surface area contributed by atoms with Gasteiger partial charge >= 0.3 is 0 Å². The number of hydrogen-bond donors (Lipinski definition) is 0. The lowest BCUT2D eigenvalue weighted by molar-refractivity contribution is -0.142. The van der Waals surface area contributed by atoms with E-state index in [2.05, 4.69) is 23.3 Å². The molecule has 88 valence electrons. The Balaban J connectivity index is 2.32. The molecule has 1 atom stereocenters. The van der Waals surface area contributed by atoms with Gasteiger partial charge in [0, 0.05) is 0 Å². The van der Waals surface area contributed by atoms with Crippen molar-refractivity contribution in [3.05, 3.63) is 17.0 Å². The average Bonchev–Trinajstić information content (AvgIpc) is 2.58. The SMILES string of the molecule is Cc1csc(N2C(=O)C(C)(C)C2N(C)C)c1. The molecule has 1 aliphatic heterocycles. The van der Waals surface area contributed by atoms with Gasteiger partial charge in [0.1, 0.15) is 6.17 Å². The zero-order chi connectivity index (χ0) is 12.1. The molecule has 1 unspecified atom stereocenters. The Labute approximate surface area is 101 Å². The van der Waals surface area contributed by atoms with E-state index in [1.165, 1.54) is 5.56 Å². The van der Waals surface area contributed by atoms with E-state index in [0.717, 1.165) is 5.00 Å². The first-order valence-electron chi connectivity index (χ1n) is 5.41. The topological polar surface area (TPSA) is 23.6 Å². The van der Waals surface area contributed by atoms with Crippen molar-refractivity contribution in [3.8, 4) is 0 Å². The van der Waals surface area contributed by atoms with Crippen LogP contribution in [0.4, 0.5) is 5.00 Å². The number of carbonyl (C=O) groups excluding carboxylic acids is 1. The summed E-state index contributed by atoms with van der Waals surface area (Å²) in [7, 11) is 4.04. The summed E-state index contributed by atoms with van der Waals surface area (Å²) in [6.45, 7) is 6.08. The van der Waals surface area contributed by atoms with Crippen LogP contribution in [0.15, 0.2) is 11.4 Å². The standard InChI is InChI=1S/C12H18N2OS/c1-8-6-9(16-7-8)14-10(13(4)5)12(2,3)11(14)15/h6-7,10H,1-5H3. The summed E-state index contributed by atoms with van der Waals surface area (Å²) < 4.78 is 0. The molecule has 1 saturated heterocycles. The summed E-state index contributed by atoms with van der Waals surface area (Å²) in [5.74, 6) is 0.216. The minimum atomic E-state index is -0.276. The Bertz CT molecular complexity index is 422. The number of aryl methyl sites for hydroxylation is 1. The van der Waals surface area contributed by atoms with E-state index in [4.69, 9.17) is 0 Å². The Hall–Kier alpha value is -0.870. The normalized spacial score (nSPS) is 23.8. The van der Waals surface area contributed by atoms with Crippen LogP contribution < -0.4 is 4.90 Å². The van der Waals surface area contributed by atoms with E-state index in [1.54, 1.807) is 11.3 Å². The van der Waals surface area contributed by atoms with Gasteiger partial charge in [0.05, 0.1) is 10.4 Å². The molecule has 0 aromatic carbocycles. The maximum Gasteiger partial charge on any atom is 0.238 e. The second kappa shape index (κ2) is 3.57. The predicted octanol–water partition coefficient (Wildman–Crippen LogP) is 2.32. The molecule has 16 heavy (non-hydrogen) atoms. The Morgan fingerprint density at radius 1 is 1.44 bits per heavy atom. The van der Waals surface area contributed by atoms with Crippen molar-refractivity contribution in [2.45, 2.75) is 26.9 Å². The lowest BCUT2D eigenvalue weighted by Crippen LogP contribution is -2.71. The highest BCUT2D eigenvalue weighted by molar-refractivity contribution is 7.14. The second-order valence-corrected chi connectivity index (χ2v) is 6.09. The maximum atomic E-state index is 12.1. The fraction of sp³-hybridized carbons (Fsp3) is 0.583. The molecule has 0 N–H and O–H groups in total. The third-order valence-electron chi connectivity index (χ3n) is 3.10. The summed E-state index contributed by atoms with van der Waals surface area (Å²) in [5, 5.41) is 3.14. The van der Waals surface area contributed by atoms with Gasteiger partial charge in [-0.05, 0) is 51.9 Å². The van der Waals surface area contributed by atoms with E-state index < -0.39 is 0 Å². The third kappa shape index (κ3) is 1.48. The van der Waals surface area contributed by atoms with Crippen molar-refractivity contribution in [2.24, 2.45) is 5.41 Å². The number of carbonyl (C=O) groups is 1. The van der Waals surface area contributed by atoms with Crippen LogP contribution in [-0.2, 0) is 4.79 Å². The van der Waals surface area contributed by atoms with E-state index >= 15 is 0 Å². The highest BCUT2D eigenvalue weighted by atomic mass is 32.1. The molecule has 3 nitrogen and oxygen atoms in total. The Kier molecular flexibility index (Phi) is 2.59. The molecule has 0 radical (unpaired) electrons. The molecule has 1 aromatic rings. The van der Waals surface area contributed by atoms with Crippen molar-refractivity contribution < 1.29 is 4.79 Å². The van der Waals surface area contributed by atoms with Crippen LogP contribution in [0.5, 0.6) is 0 Å². The van der Waals surface area contributed by atoms with Gasteiger partial charge in [-0.3, -0.25) is 14.6 Å². The zero-order valence-electron chi connectivity index (χ0n) is 10.4.